The minimum Gasteiger partial charge on any atom is -0.338 e. The molecule has 2 aromatic rings. The molecule has 0 unspecified atom stereocenters. The van der Waals surface area contributed by atoms with Crippen LogP contribution in [0.25, 0.3) is 0 Å². The summed E-state index contributed by atoms with van der Waals surface area (Å²) in [6, 6.07) is 6.62. The summed E-state index contributed by atoms with van der Waals surface area (Å²) < 4.78 is 0. The van der Waals surface area contributed by atoms with Gasteiger partial charge in [0.1, 0.15) is 0 Å². The van der Waals surface area contributed by atoms with E-state index in [-0.39, 0.29) is 0 Å². The second kappa shape index (κ2) is 5.78. The summed E-state index contributed by atoms with van der Waals surface area (Å²) in [7, 11) is 0. The molecule has 98 valence electrons. The molecular weight excluding hydrogens is 236 g/mol. The van der Waals surface area contributed by atoms with Gasteiger partial charge < -0.3 is 4.90 Å². The van der Waals surface area contributed by atoms with E-state index in [1.54, 1.807) is 0 Å². The summed E-state index contributed by atoms with van der Waals surface area (Å²) in [6.45, 7) is 1.07. The Morgan fingerprint density at radius 2 is 1.89 bits per heavy atom. The van der Waals surface area contributed by atoms with E-state index in [0.29, 0.717) is 6.04 Å². The van der Waals surface area contributed by atoms with E-state index in [4.69, 9.17) is 0 Å². The van der Waals surface area contributed by atoms with Crippen molar-refractivity contribution in [1.82, 2.24) is 15.0 Å². The van der Waals surface area contributed by atoms with Gasteiger partial charge >= 0.3 is 0 Å². The van der Waals surface area contributed by atoms with Crippen LogP contribution in [0, 0.1) is 0 Å². The molecule has 3 heterocycles. The minimum absolute atomic E-state index is 0.565. The van der Waals surface area contributed by atoms with Crippen molar-refractivity contribution in [3.05, 3.63) is 48.5 Å². The molecular formula is C15H18N4. The fourth-order valence-electron chi connectivity index (χ4n) is 2.72. The molecule has 0 aromatic carbocycles. The number of aryl methyl sites for hydroxylation is 1. The Kier molecular flexibility index (Phi) is 3.68. The maximum Gasteiger partial charge on any atom is 0.225 e. The van der Waals surface area contributed by atoms with Crippen molar-refractivity contribution in [2.75, 3.05) is 11.4 Å². The Morgan fingerprint density at radius 1 is 1.11 bits per heavy atom. The first-order valence-electron chi connectivity index (χ1n) is 6.86. The molecule has 4 heteroatoms. The maximum atomic E-state index is 4.37. The highest BCUT2D eigenvalue weighted by molar-refractivity contribution is 5.32. The molecule has 4 nitrogen and oxygen atoms in total. The van der Waals surface area contributed by atoms with E-state index in [1.807, 2.05) is 30.9 Å². The van der Waals surface area contributed by atoms with Crippen LogP contribution < -0.4 is 4.90 Å². The van der Waals surface area contributed by atoms with Gasteiger partial charge in [-0.05, 0) is 49.4 Å². The molecule has 1 fully saturated rings. The molecule has 1 aliphatic rings. The number of aromatic nitrogens is 3. The zero-order valence-corrected chi connectivity index (χ0v) is 10.9. The maximum absolute atomic E-state index is 4.37. The van der Waals surface area contributed by atoms with E-state index in [0.717, 1.165) is 25.3 Å². The molecule has 1 atom stereocenters. The van der Waals surface area contributed by atoms with Crippen LogP contribution in [0.5, 0.6) is 0 Å². The smallest absolute Gasteiger partial charge is 0.225 e. The summed E-state index contributed by atoms with van der Waals surface area (Å²) in [5, 5.41) is 0. The molecule has 0 bridgehead atoms. The average Bonchev–Trinajstić information content (AvgIpc) is 2.95. The van der Waals surface area contributed by atoms with Crippen LogP contribution >= 0.6 is 0 Å². The van der Waals surface area contributed by atoms with Gasteiger partial charge in [-0.3, -0.25) is 4.98 Å². The molecule has 0 aliphatic carbocycles. The van der Waals surface area contributed by atoms with Gasteiger partial charge in [0, 0.05) is 37.4 Å². The topological polar surface area (TPSA) is 41.9 Å². The molecule has 1 aliphatic heterocycles. The predicted octanol–water partition coefficient (Wildman–Crippen LogP) is 2.47. The first kappa shape index (κ1) is 12.1. The van der Waals surface area contributed by atoms with Crippen molar-refractivity contribution >= 4 is 5.95 Å². The largest absolute Gasteiger partial charge is 0.338 e. The van der Waals surface area contributed by atoms with Crippen molar-refractivity contribution in [3.63, 3.8) is 0 Å². The molecule has 0 saturated carbocycles. The number of pyridine rings is 1. The monoisotopic (exact) mass is 254 g/mol. The van der Waals surface area contributed by atoms with Crippen LogP contribution in [0.1, 0.15) is 24.8 Å². The van der Waals surface area contributed by atoms with E-state index in [9.17, 15) is 0 Å². The highest BCUT2D eigenvalue weighted by atomic mass is 15.3. The lowest BCUT2D eigenvalue weighted by Gasteiger charge is -2.24. The van der Waals surface area contributed by atoms with Crippen LogP contribution in [0.2, 0.25) is 0 Å². The van der Waals surface area contributed by atoms with Gasteiger partial charge in [-0.25, -0.2) is 9.97 Å². The third-order valence-electron chi connectivity index (χ3n) is 3.70. The van der Waals surface area contributed by atoms with Crippen LogP contribution in [0.15, 0.2) is 43.0 Å². The van der Waals surface area contributed by atoms with Gasteiger partial charge in [0.05, 0.1) is 0 Å². The van der Waals surface area contributed by atoms with Gasteiger partial charge in [-0.15, -0.1) is 0 Å². The normalized spacial score (nSPS) is 18.7. The molecule has 0 spiro atoms. The van der Waals surface area contributed by atoms with Gasteiger partial charge in [0.15, 0.2) is 0 Å². The average molecular weight is 254 g/mol. The number of rotatable bonds is 4. The van der Waals surface area contributed by atoms with Gasteiger partial charge in [0.2, 0.25) is 5.95 Å². The molecule has 2 aromatic heterocycles. The number of hydrogen-bond donors (Lipinski definition) is 0. The number of nitrogens with zero attached hydrogens (tertiary/aromatic N) is 4. The molecule has 3 rings (SSSR count). The Bertz CT molecular complexity index is 500. The van der Waals surface area contributed by atoms with Crippen LogP contribution in [0.4, 0.5) is 5.95 Å². The van der Waals surface area contributed by atoms with Crippen LogP contribution in [0.3, 0.4) is 0 Å². The van der Waals surface area contributed by atoms with Gasteiger partial charge in [-0.1, -0.05) is 0 Å². The lowest BCUT2D eigenvalue weighted by Crippen LogP contribution is -2.31. The third kappa shape index (κ3) is 2.89. The third-order valence-corrected chi connectivity index (χ3v) is 3.70. The number of hydrogen-bond acceptors (Lipinski definition) is 4. The molecule has 1 saturated heterocycles. The summed E-state index contributed by atoms with van der Waals surface area (Å²) in [6.07, 6.45) is 12.1. The van der Waals surface area contributed by atoms with Crippen molar-refractivity contribution in [2.45, 2.75) is 31.7 Å². The zero-order chi connectivity index (χ0) is 12.9. The molecule has 19 heavy (non-hydrogen) atoms. The highest BCUT2D eigenvalue weighted by Crippen LogP contribution is 2.25. The summed E-state index contributed by atoms with van der Waals surface area (Å²) >= 11 is 0. The van der Waals surface area contributed by atoms with Crippen molar-refractivity contribution in [1.29, 1.82) is 0 Å². The predicted molar refractivity (Wildman–Crippen MR) is 75.0 cm³/mol. The second-order valence-corrected chi connectivity index (χ2v) is 4.93. The minimum atomic E-state index is 0.565. The molecule has 0 radical (unpaired) electrons. The Morgan fingerprint density at radius 3 is 2.68 bits per heavy atom. The second-order valence-electron chi connectivity index (χ2n) is 4.93. The van der Waals surface area contributed by atoms with Gasteiger partial charge in [-0.2, -0.15) is 0 Å². The lowest BCUT2D eigenvalue weighted by molar-refractivity contribution is 0.601. The van der Waals surface area contributed by atoms with Crippen molar-refractivity contribution < 1.29 is 0 Å². The Balaban J connectivity index is 1.64. The van der Waals surface area contributed by atoms with Crippen LogP contribution in [-0.2, 0) is 6.42 Å². The lowest BCUT2D eigenvalue weighted by atomic mass is 10.0. The fraction of sp³-hybridized carbons (Fsp3) is 0.400. The van der Waals surface area contributed by atoms with E-state index < -0.39 is 0 Å². The first-order valence-corrected chi connectivity index (χ1v) is 6.86. The summed E-state index contributed by atoms with van der Waals surface area (Å²) in [4.78, 5) is 15.1. The Labute approximate surface area is 113 Å². The van der Waals surface area contributed by atoms with Crippen LogP contribution in [-0.4, -0.2) is 27.5 Å². The SMILES string of the molecule is c1cnc(N2CCC[C@@H]2CCc2ccncc2)nc1. The van der Waals surface area contributed by atoms with E-state index in [1.165, 1.54) is 18.4 Å². The standard InChI is InChI=1S/C15H18N4/c1-3-14(5-4-13-6-10-16-11-7-13)19(12-1)15-17-8-2-9-18-15/h2,6-11,14H,1,3-5,12H2/t14-/m1/s1. The quantitative estimate of drug-likeness (QED) is 0.840. The van der Waals surface area contributed by atoms with Crippen molar-refractivity contribution in [2.24, 2.45) is 0 Å². The van der Waals surface area contributed by atoms with E-state index >= 15 is 0 Å². The molecule has 0 amide bonds. The molecule has 0 N–H and O–H groups in total. The van der Waals surface area contributed by atoms with Gasteiger partial charge in [0.25, 0.3) is 0 Å². The first-order chi connectivity index (χ1) is 9.43. The fourth-order valence-corrected chi connectivity index (χ4v) is 2.72. The van der Waals surface area contributed by atoms with Crippen molar-refractivity contribution in [3.8, 4) is 0 Å². The summed E-state index contributed by atoms with van der Waals surface area (Å²) in [5.74, 6) is 0.875. The van der Waals surface area contributed by atoms with E-state index in [2.05, 4.69) is 32.0 Å². The summed E-state index contributed by atoms with van der Waals surface area (Å²) in [5.41, 5.74) is 1.36. The zero-order valence-electron chi connectivity index (χ0n) is 10.9. The Hall–Kier alpha value is -1.97. The number of anilines is 1. The highest BCUT2D eigenvalue weighted by Gasteiger charge is 2.25.